The Labute approximate surface area is 93.2 Å². The van der Waals surface area contributed by atoms with Gasteiger partial charge < -0.3 is 15.0 Å². The van der Waals surface area contributed by atoms with Crippen LogP contribution in [0.2, 0.25) is 0 Å². The van der Waals surface area contributed by atoms with Crippen molar-refractivity contribution in [2.75, 3.05) is 12.8 Å². The molecule has 1 aliphatic rings. The summed E-state index contributed by atoms with van der Waals surface area (Å²) >= 11 is 0. The van der Waals surface area contributed by atoms with E-state index < -0.39 is 0 Å². The molecule has 2 aromatic heterocycles. The van der Waals surface area contributed by atoms with Crippen molar-refractivity contribution in [3.05, 3.63) is 12.0 Å². The number of methoxy groups -OCH3 is 1. The van der Waals surface area contributed by atoms with Gasteiger partial charge in [-0.15, -0.1) is 0 Å². The second-order valence-electron chi connectivity index (χ2n) is 4.22. The Bertz CT molecular complexity index is 557. The molecule has 0 unspecified atom stereocenters. The van der Waals surface area contributed by atoms with Gasteiger partial charge in [0.25, 0.3) is 0 Å². The third kappa shape index (κ3) is 1.17. The van der Waals surface area contributed by atoms with Crippen molar-refractivity contribution in [2.45, 2.75) is 18.8 Å². The number of nitrogen functional groups attached to an aromatic ring is 1. The zero-order valence-corrected chi connectivity index (χ0v) is 9.40. The van der Waals surface area contributed by atoms with Crippen LogP contribution >= 0.6 is 0 Å². The van der Waals surface area contributed by atoms with Crippen molar-refractivity contribution in [3.63, 3.8) is 0 Å². The van der Waals surface area contributed by atoms with E-state index >= 15 is 0 Å². The Hall–Kier alpha value is -1.78. The molecule has 0 spiro atoms. The standard InChI is InChI=1S/C11H14N4O/c1-15-9-8(14-10(15)6-3-4-6)7(12)5-13-11(9)16-2/h5-6H,3-4,12H2,1-2H3. The summed E-state index contributed by atoms with van der Waals surface area (Å²) in [6.45, 7) is 0. The molecule has 84 valence electrons. The van der Waals surface area contributed by atoms with E-state index in [4.69, 9.17) is 10.5 Å². The minimum atomic E-state index is 0.585. The zero-order valence-electron chi connectivity index (χ0n) is 9.40. The SMILES string of the molecule is COc1ncc(N)c2nc(C3CC3)n(C)c12. The number of ether oxygens (including phenoxy) is 1. The van der Waals surface area contributed by atoms with Gasteiger partial charge >= 0.3 is 0 Å². The maximum absolute atomic E-state index is 5.89. The van der Waals surface area contributed by atoms with Gasteiger partial charge in [-0.25, -0.2) is 9.97 Å². The van der Waals surface area contributed by atoms with Crippen LogP contribution < -0.4 is 10.5 Å². The van der Waals surface area contributed by atoms with E-state index in [9.17, 15) is 0 Å². The monoisotopic (exact) mass is 218 g/mol. The van der Waals surface area contributed by atoms with Gasteiger partial charge in [0.1, 0.15) is 16.9 Å². The molecule has 0 amide bonds. The van der Waals surface area contributed by atoms with E-state index in [2.05, 4.69) is 14.5 Å². The predicted octanol–water partition coefficient (Wildman–Crippen LogP) is 1.44. The number of pyridine rings is 1. The fraction of sp³-hybridized carbons (Fsp3) is 0.455. The maximum Gasteiger partial charge on any atom is 0.240 e. The molecule has 2 N–H and O–H groups in total. The molecule has 1 fully saturated rings. The first-order valence-corrected chi connectivity index (χ1v) is 5.37. The van der Waals surface area contributed by atoms with Gasteiger partial charge in [-0.2, -0.15) is 0 Å². The second kappa shape index (κ2) is 3.10. The minimum Gasteiger partial charge on any atom is -0.479 e. The van der Waals surface area contributed by atoms with Crippen LogP contribution in [0.4, 0.5) is 5.69 Å². The molecule has 2 heterocycles. The number of nitrogens with two attached hydrogens (primary N) is 1. The first-order valence-electron chi connectivity index (χ1n) is 5.37. The summed E-state index contributed by atoms with van der Waals surface area (Å²) in [5.41, 5.74) is 8.19. The Balaban J connectivity index is 2.34. The first-order chi connectivity index (χ1) is 7.72. The smallest absolute Gasteiger partial charge is 0.240 e. The molecule has 0 aromatic carbocycles. The molecule has 5 heteroatoms. The van der Waals surface area contributed by atoms with Gasteiger partial charge in [-0.1, -0.05) is 0 Å². The highest BCUT2D eigenvalue weighted by atomic mass is 16.5. The van der Waals surface area contributed by atoms with Gasteiger partial charge in [0.05, 0.1) is 19.0 Å². The third-order valence-electron chi connectivity index (χ3n) is 3.06. The second-order valence-corrected chi connectivity index (χ2v) is 4.22. The summed E-state index contributed by atoms with van der Waals surface area (Å²) in [4.78, 5) is 8.77. The molecule has 0 atom stereocenters. The summed E-state index contributed by atoms with van der Waals surface area (Å²) < 4.78 is 7.30. The summed E-state index contributed by atoms with van der Waals surface area (Å²) in [6.07, 6.45) is 4.03. The predicted molar refractivity (Wildman–Crippen MR) is 61.4 cm³/mol. The van der Waals surface area contributed by atoms with E-state index in [1.54, 1.807) is 13.3 Å². The minimum absolute atomic E-state index is 0.585. The number of aryl methyl sites for hydroxylation is 1. The van der Waals surface area contributed by atoms with Crippen molar-refractivity contribution >= 4 is 16.7 Å². The molecular formula is C11H14N4O. The Morgan fingerprint density at radius 2 is 2.25 bits per heavy atom. The number of imidazole rings is 1. The van der Waals surface area contributed by atoms with Crippen molar-refractivity contribution in [3.8, 4) is 5.88 Å². The summed E-state index contributed by atoms with van der Waals surface area (Å²) in [5, 5.41) is 0. The topological polar surface area (TPSA) is 66.0 Å². The molecule has 0 bridgehead atoms. The van der Waals surface area contributed by atoms with E-state index in [0.29, 0.717) is 17.5 Å². The molecular weight excluding hydrogens is 204 g/mol. The van der Waals surface area contributed by atoms with Crippen molar-refractivity contribution in [2.24, 2.45) is 7.05 Å². The van der Waals surface area contributed by atoms with Crippen LogP contribution in [-0.4, -0.2) is 21.6 Å². The average molecular weight is 218 g/mol. The van der Waals surface area contributed by atoms with Crippen molar-refractivity contribution in [1.29, 1.82) is 0 Å². The lowest BCUT2D eigenvalue weighted by Crippen LogP contribution is -1.98. The van der Waals surface area contributed by atoms with Crippen molar-refractivity contribution < 1.29 is 4.74 Å². The largest absolute Gasteiger partial charge is 0.479 e. The Morgan fingerprint density at radius 1 is 1.50 bits per heavy atom. The number of hydrogen-bond acceptors (Lipinski definition) is 4. The molecule has 2 aromatic rings. The average Bonchev–Trinajstić information content (AvgIpc) is 3.06. The van der Waals surface area contributed by atoms with Gasteiger partial charge in [-0.05, 0) is 12.8 Å². The lowest BCUT2D eigenvalue weighted by atomic mass is 10.3. The Kier molecular flexibility index (Phi) is 1.83. The highest BCUT2D eigenvalue weighted by Gasteiger charge is 2.30. The first kappa shape index (κ1) is 9.45. The lowest BCUT2D eigenvalue weighted by molar-refractivity contribution is 0.401. The van der Waals surface area contributed by atoms with E-state index in [1.165, 1.54) is 12.8 Å². The molecule has 0 saturated heterocycles. The van der Waals surface area contributed by atoms with E-state index in [0.717, 1.165) is 16.9 Å². The highest BCUT2D eigenvalue weighted by Crippen LogP contribution is 2.41. The van der Waals surface area contributed by atoms with Crippen LogP contribution in [0.5, 0.6) is 5.88 Å². The van der Waals surface area contributed by atoms with Crippen LogP contribution in [0, 0.1) is 0 Å². The summed E-state index contributed by atoms with van der Waals surface area (Å²) in [6, 6.07) is 0. The van der Waals surface area contributed by atoms with E-state index in [1.807, 2.05) is 7.05 Å². The molecule has 3 rings (SSSR count). The molecule has 1 saturated carbocycles. The molecule has 0 radical (unpaired) electrons. The highest BCUT2D eigenvalue weighted by molar-refractivity contribution is 5.90. The van der Waals surface area contributed by atoms with Crippen LogP contribution in [-0.2, 0) is 7.05 Å². The Morgan fingerprint density at radius 3 is 2.88 bits per heavy atom. The number of rotatable bonds is 2. The quantitative estimate of drug-likeness (QED) is 0.828. The number of aromatic nitrogens is 3. The summed E-state index contributed by atoms with van der Waals surface area (Å²) in [5.74, 6) is 2.26. The van der Waals surface area contributed by atoms with Gasteiger partial charge in [-0.3, -0.25) is 0 Å². The zero-order chi connectivity index (χ0) is 11.3. The van der Waals surface area contributed by atoms with Crippen LogP contribution in [0.3, 0.4) is 0 Å². The van der Waals surface area contributed by atoms with Crippen molar-refractivity contribution in [1.82, 2.24) is 14.5 Å². The van der Waals surface area contributed by atoms with Crippen LogP contribution in [0.1, 0.15) is 24.6 Å². The van der Waals surface area contributed by atoms with E-state index in [-0.39, 0.29) is 0 Å². The third-order valence-corrected chi connectivity index (χ3v) is 3.06. The van der Waals surface area contributed by atoms with Gasteiger partial charge in [0.2, 0.25) is 5.88 Å². The van der Waals surface area contributed by atoms with Gasteiger partial charge in [0, 0.05) is 13.0 Å². The maximum atomic E-state index is 5.89. The fourth-order valence-corrected chi connectivity index (χ4v) is 2.07. The number of anilines is 1. The molecule has 5 nitrogen and oxygen atoms in total. The molecule has 1 aliphatic carbocycles. The lowest BCUT2D eigenvalue weighted by Gasteiger charge is -2.04. The fourth-order valence-electron chi connectivity index (χ4n) is 2.07. The molecule has 0 aliphatic heterocycles. The normalized spacial score (nSPS) is 15.6. The van der Waals surface area contributed by atoms with Gasteiger partial charge in [0.15, 0.2) is 0 Å². The molecule has 16 heavy (non-hydrogen) atoms. The number of fused-ring (bicyclic) bond motifs is 1. The number of hydrogen-bond donors (Lipinski definition) is 1. The van der Waals surface area contributed by atoms with Crippen LogP contribution in [0.15, 0.2) is 6.20 Å². The summed E-state index contributed by atoms with van der Waals surface area (Å²) in [7, 11) is 3.61. The van der Waals surface area contributed by atoms with Crippen LogP contribution in [0.25, 0.3) is 11.0 Å². The number of nitrogens with zero attached hydrogens (tertiary/aromatic N) is 3.